The van der Waals surface area contributed by atoms with Gasteiger partial charge in [-0.2, -0.15) is 13.2 Å². The first-order chi connectivity index (χ1) is 14.1. The number of imide groups is 1. The van der Waals surface area contributed by atoms with E-state index in [1.54, 1.807) is 12.1 Å². The van der Waals surface area contributed by atoms with Gasteiger partial charge in [0.15, 0.2) is 10.8 Å². The highest BCUT2D eigenvalue weighted by Gasteiger charge is 2.40. The van der Waals surface area contributed by atoms with E-state index in [0.717, 1.165) is 4.90 Å². The minimum atomic E-state index is -4.91. The van der Waals surface area contributed by atoms with Gasteiger partial charge in [0, 0.05) is 13.0 Å². The molecule has 1 N–H and O–H groups in total. The minimum Gasteiger partial charge on any atom is -0.462 e. The van der Waals surface area contributed by atoms with Gasteiger partial charge in [-0.3, -0.25) is 19.3 Å². The van der Waals surface area contributed by atoms with E-state index in [1.165, 1.54) is 19.1 Å². The van der Waals surface area contributed by atoms with Crippen molar-refractivity contribution in [2.45, 2.75) is 19.5 Å². The molecule has 0 saturated heterocycles. The van der Waals surface area contributed by atoms with E-state index >= 15 is 0 Å². The standard InChI is InChI=1S/C18H14F3N3O5S/c1-2-29-16(28)12-13(18(19,20)21)23-17(30-12)22-11(25)7-8-24-14(26)9-5-3-4-6-10(9)15(24)27/h3-6H,2,7-8H2,1H3,(H,22,23,25). The Bertz CT molecular complexity index is 999. The molecule has 3 rings (SSSR count). The Balaban J connectivity index is 1.68. The molecule has 2 aromatic rings. The summed E-state index contributed by atoms with van der Waals surface area (Å²) in [6, 6.07) is 6.17. The van der Waals surface area contributed by atoms with Crippen LogP contribution >= 0.6 is 11.3 Å². The Morgan fingerprint density at radius 3 is 2.30 bits per heavy atom. The summed E-state index contributed by atoms with van der Waals surface area (Å²) in [6.07, 6.45) is -5.27. The average Bonchev–Trinajstić information content (AvgIpc) is 3.21. The number of nitrogens with one attached hydrogen (secondary N) is 1. The number of rotatable bonds is 6. The maximum Gasteiger partial charge on any atom is 0.435 e. The van der Waals surface area contributed by atoms with Crippen molar-refractivity contribution in [3.05, 3.63) is 46.0 Å². The second-order valence-electron chi connectivity index (χ2n) is 6.02. The Morgan fingerprint density at radius 2 is 1.77 bits per heavy atom. The lowest BCUT2D eigenvalue weighted by Gasteiger charge is -2.12. The van der Waals surface area contributed by atoms with Crippen LogP contribution in [-0.2, 0) is 15.7 Å². The predicted molar refractivity (Wildman–Crippen MR) is 98.1 cm³/mol. The van der Waals surface area contributed by atoms with Gasteiger partial charge in [-0.15, -0.1) is 0 Å². The van der Waals surface area contributed by atoms with Gasteiger partial charge in [0.2, 0.25) is 5.91 Å². The lowest BCUT2D eigenvalue weighted by atomic mass is 10.1. The molecule has 0 atom stereocenters. The SMILES string of the molecule is CCOC(=O)c1sc(NC(=O)CCN2C(=O)c3ccccc3C2=O)nc1C(F)(F)F. The van der Waals surface area contributed by atoms with Crippen molar-refractivity contribution in [3.63, 3.8) is 0 Å². The number of amides is 3. The van der Waals surface area contributed by atoms with Crippen LogP contribution in [0.5, 0.6) is 0 Å². The summed E-state index contributed by atoms with van der Waals surface area (Å²) >= 11 is 0.327. The third kappa shape index (κ3) is 4.17. The van der Waals surface area contributed by atoms with Gasteiger partial charge in [0.1, 0.15) is 4.88 Å². The van der Waals surface area contributed by atoms with E-state index in [-0.39, 0.29) is 30.7 Å². The van der Waals surface area contributed by atoms with Crippen molar-refractivity contribution in [2.75, 3.05) is 18.5 Å². The molecule has 0 radical (unpaired) electrons. The number of fused-ring (bicyclic) bond motifs is 1. The molecule has 1 aromatic heterocycles. The first-order valence-electron chi connectivity index (χ1n) is 8.63. The summed E-state index contributed by atoms with van der Waals surface area (Å²) in [4.78, 5) is 51.8. The molecule has 0 fully saturated rings. The topological polar surface area (TPSA) is 106 Å². The summed E-state index contributed by atoms with van der Waals surface area (Å²) in [6.45, 7) is 1.05. The van der Waals surface area contributed by atoms with Gasteiger partial charge in [-0.1, -0.05) is 23.5 Å². The number of carbonyl (C=O) groups excluding carboxylic acids is 4. The number of thiazole rings is 1. The zero-order chi connectivity index (χ0) is 22.1. The second kappa shape index (κ2) is 8.22. The first-order valence-corrected chi connectivity index (χ1v) is 9.45. The van der Waals surface area contributed by atoms with Crippen LogP contribution in [0.1, 0.15) is 49.4 Å². The number of nitrogens with zero attached hydrogens (tertiary/aromatic N) is 2. The molecule has 0 saturated carbocycles. The van der Waals surface area contributed by atoms with Crippen molar-refractivity contribution in [3.8, 4) is 0 Å². The molecule has 8 nitrogen and oxygen atoms in total. The van der Waals surface area contributed by atoms with Crippen LogP contribution in [0.15, 0.2) is 24.3 Å². The highest BCUT2D eigenvalue weighted by molar-refractivity contribution is 7.17. The molecule has 0 spiro atoms. The average molecular weight is 441 g/mol. The smallest absolute Gasteiger partial charge is 0.435 e. The quantitative estimate of drug-likeness (QED) is 0.546. The van der Waals surface area contributed by atoms with E-state index in [4.69, 9.17) is 0 Å². The number of alkyl halides is 3. The van der Waals surface area contributed by atoms with Gasteiger partial charge in [0.25, 0.3) is 11.8 Å². The number of aromatic nitrogens is 1. The van der Waals surface area contributed by atoms with Crippen molar-refractivity contribution < 1.29 is 37.1 Å². The maximum atomic E-state index is 13.1. The monoisotopic (exact) mass is 441 g/mol. The molecule has 12 heteroatoms. The second-order valence-corrected chi connectivity index (χ2v) is 7.02. The van der Waals surface area contributed by atoms with E-state index in [2.05, 4.69) is 15.0 Å². The molecule has 0 bridgehead atoms. The summed E-state index contributed by atoms with van der Waals surface area (Å²) < 4.78 is 43.9. The number of hydrogen-bond donors (Lipinski definition) is 1. The van der Waals surface area contributed by atoms with Gasteiger partial charge in [-0.25, -0.2) is 9.78 Å². The van der Waals surface area contributed by atoms with E-state index in [1.807, 2.05) is 0 Å². The van der Waals surface area contributed by atoms with Crippen LogP contribution < -0.4 is 5.32 Å². The zero-order valence-electron chi connectivity index (χ0n) is 15.4. The molecule has 1 aromatic carbocycles. The van der Waals surface area contributed by atoms with Gasteiger partial charge in [0.05, 0.1) is 17.7 Å². The van der Waals surface area contributed by atoms with Crippen molar-refractivity contribution in [1.29, 1.82) is 0 Å². The number of hydrogen-bond acceptors (Lipinski definition) is 7. The molecule has 1 aliphatic rings. The molecule has 3 amide bonds. The summed E-state index contributed by atoms with van der Waals surface area (Å²) in [7, 11) is 0. The van der Waals surface area contributed by atoms with Crippen molar-refractivity contribution in [2.24, 2.45) is 0 Å². The van der Waals surface area contributed by atoms with Crippen LogP contribution in [-0.4, -0.2) is 46.7 Å². The van der Waals surface area contributed by atoms with Gasteiger partial charge < -0.3 is 10.1 Å². The third-order valence-corrected chi connectivity index (χ3v) is 4.99. The third-order valence-electron chi connectivity index (χ3n) is 4.04. The van der Waals surface area contributed by atoms with E-state index in [9.17, 15) is 32.3 Å². The molecule has 0 aliphatic carbocycles. The summed E-state index contributed by atoms with van der Waals surface area (Å²) in [5.74, 6) is -3.08. The molecular formula is C18H14F3N3O5S. The lowest BCUT2D eigenvalue weighted by Crippen LogP contribution is -2.32. The Labute approximate surface area is 171 Å². The van der Waals surface area contributed by atoms with Crippen LogP contribution in [0.2, 0.25) is 0 Å². The molecule has 2 heterocycles. The molecule has 0 unspecified atom stereocenters. The molecule has 158 valence electrons. The zero-order valence-corrected chi connectivity index (χ0v) is 16.2. The highest BCUT2D eigenvalue weighted by Crippen LogP contribution is 2.36. The fourth-order valence-corrected chi connectivity index (χ4v) is 3.63. The number of halogens is 3. The van der Waals surface area contributed by atoms with E-state index < -0.39 is 45.6 Å². The minimum absolute atomic E-state index is 0.129. The van der Waals surface area contributed by atoms with Gasteiger partial charge in [-0.05, 0) is 19.1 Å². The van der Waals surface area contributed by atoms with Crippen LogP contribution in [0.3, 0.4) is 0 Å². The number of benzene rings is 1. The highest BCUT2D eigenvalue weighted by atomic mass is 32.1. The van der Waals surface area contributed by atoms with Crippen molar-refractivity contribution in [1.82, 2.24) is 9.88 Å². The lowest BCUT2D eigenvalue weighted by molar-refractivity contribution is -0.141. The molecule has 30 heavy (non-hydrogen) atoms. The number of esters is 1. The first kappa shape index (κ1) is 21.4. The normalized spacial score (nSPS) is 13.4. The molecular weight excluding hydrogens is 427 g/mol. The fourth-order valence-electron chi connectivity index (χ4n) is 2.74. The molecule has 1 aliphatic heterocycles. The number of carbonyl (C=O) groups is 4. The van der Waals surface area contributed by atoms with Crippen LogP contribution in [0.4, 0.5) is 18.3 Å². The Morgan fingerprint density at radius 1 is 1.17 bits per heavy atom. The van der Waals surface area contributed by atoms with Crippen LogP contribution in [0.25, 0.3) is 0 Å². The maximum absolute atomic E-state index is 13.1. The summed E-state index contributed by atoms with van der Waals surface area (Å²) in [5.41, 5.74) is -1.02. The van der Waals surface area contributed by atoms with E-state index in [0.29, 0.717) is 11.3 Å². The largest absolute Gasteiger partial charge is 0.462 e. The van der Waals surface area contributed by atoms with Crippen LogP contribution in [0, 0.1) is 0 Å². The Hall–Kier alpha value is -3.28. The Kier molecular flexibility index (Phi) is 5.87. The number of anilines is 1. The fraction of sp³-hybridized carbons (Fsp3) is 0.278. The predicted octanol–water partition coefficient (Wildman–Crippen LogP) is 2.96. The number of ether oxygens (including phenoxy) is 1. The van der Waals surface area contributed by atoms with Gasteiger partial charge >= 0.3 is 12.1 Å². The van der Waals surface area contributed by atoms with Crippen molar-refractivity contribution >= 4 is 40.2 Å². The summed E-state index contributed by atoms with van der Waals surface area (Å²) in [5, 5.41) is 1.71.